The van der Waals surface area contributed by atoms with Crippen LogP contribution in [0.25, 0.3) is 0 Å². The lowest BCUT2D eigenvalue weighted by Gasteiger charge is -2.29. The van der Waals surface area contributed by atoms with Gasteiger partial charge >= 0.3 is 12.0 Å². The summed E-state index contributed by atoms with van der Waals surface area (Å²) in [5.41, 5.74) is 1.67. The minimum Gasteiger partial charge on any atom is -0.463 e. The van der Waals surface area contributed by atoms with Crippen LogP contribution >= 0.6 is 0 Å². The highest BCUT2D eigenvalue weighted by Gasteiger charge is 2.35. The first-order chi connectivity index (χ1) is 13.8. The molecule has 1 aliphatic rings. The highest BCUT2D eigenvalue weighted by molar-refractivity contribution is 7.91. The molecule has 152 valence electrons. The largest absolute Gasteiger partial charge is 0.463 e. The van der Waals surface area contributed by atoms with E-state index in [1.807, 2.05) is 13.0 Å². The summed E-state index contributed by atoms with van der Waals surface area (Å²) >= 11 is 0. The molecule has 0 saturated heterocycles. The maximum absolute atomic E-state index is 12.9. The van der Waals surface area contributed by atoms with Gasteiger partial charge in [-0.05, 0) is 31.5 Å². The molecule has 2 N–H and O–H groups in total. The van der Waals surface area contributed by atoms with Crippen LogP contribution < -0.4 is 10.6 Å². The molecule has 0 bridgehead atoms. The Bertz CT molecular complexity index is 1040. The molecule has 0 spiro atoms. The number of sulfone groups is 1. The van der Waals surface area contributed by atoms with Crippen LogP contribution in [0.4, 0.5) is 4.79 Å². The first-order valence-corrected chi connectivity index (χ1v) is 10.8. The van der Waals surface area contributed by atoms with Crippen molar-refractivity contribution in [3.05, 3.63) is 77.0 Å². The van der Waals surface area contributed by atoms with Crippen molar-refractivity contribution in [2.75, 3.05) is 12.4 Å². The average Bonchev–Trinajstić information content (AvgIpc) is 2.68. The topological polar surface area (TPSA) is 102 Å². The summed E-state index contributed by atoms with van der Waals surface area (Å²) in [4.78, 5) is 25.1. The summed E-state index contributed by atoms with van der Waals surface area (Å²) < 4.78 is 31.0. The summed E-state index contributed by atoms with van der Waals surface area (Å²) in [6.07, 6.45) is 0. The van der Waals surface area contributed by atoms with Crippen LogP contribution in [0.15, 0.2) is 70.8 Å². The minimum atomic E-state index is -3.80. The second-order valence-electron chi connectivity index (χ2n) is 6.63. The van der Waals surface area contributed by atoms with Gasteiger partial charge < -0.3 is 15.4 Å². The smallest absolute Gasteiger partial charge is 0.338 e. The monoisotopic (exact) mass is 414 g/mol. The van der Waals surface area contributed by atoms with Gasteiger partial charge in [-0.3, -0.25) is 0 Å². The molecular weight excluding hydrogens is 392 g/mol. The molecule has 0 aliphatic carbocycles. The Morgan fingerprint density at radius 1 is 1.07 bits per heavy atom. The lowest BCUT2D eigenvalue weighted by Crippen LogP contribution is -2.47. The van der Waals surface area contributed by atoms with Crippen molar-refractivity contribution in [3.63, 3.8) is 0 Å². The molecule has 2 aromatic rings. The van der Waals surface area contributed by atoms with E-state index in [9.17, 15) is 18.0 Å². The number of hydrogen-bond donors (Lipinski definition) is 2. The van der Waals surface area contributed by atoms with E-state index in [1.165, 1.54) is 12.1 Å². The Morgan fingerprint density at radius 3 is 2.34 bits per heavy atom. The molecule has 3 rings (SSSR count). The Kier molecular flexibility index (Phi) is 6.03. The number of esters is 1. The molecule has 8 heteroatoms. The molecule has 29 heavy (non-hydrogen) atoms. The molecule has 1 heterocycles. The third-order valence-electron chi connectivity index (χ3n) is 4.50. The molecule has 0 fully saturated rings. The first-order valence-electron chi connectivity index (χ1n) is 9.14. The van der Waals surface area contributed by atoms with Crippen molar-refractivity contribution >= 4 is 21.8 Å². The Labute approximate surface area is 169 Å². The standard InChI is InChI=1S/C21H22N2O5S/c1-3-28-20(24)18-17(13-29(26,27)16-11-9-14(2)10-12-16)22-21(25)23-19(18)15-7-5-4-6-8-15/h4-12,19H,3,13H2,1-2H3,(H2,22,23,25)/t19-/m0/s1. The fourth-order valence-electron chi connectivity index (χ4n) is 3.10. The average molecular weight is 414 g/mol. The zero-order valence-corrected chi connectivity index (χ0v) is 17.0. The molecule has 0 unspecified atom stereocenters. The number of rotatable bonds is 6. The van der Waals surface area contributed by atoms with Gasteiger partial charge in [0.25, 0.3) is 0 Å². The van der Waals surface area contributed by atoms with Crippen molar-refractivity contribution in [2.45, 2.75) is 24.8 Å². The Hall–Kier alpha value is -3.13. The van der Waals surface area contributed by atoms with Crippen molar-refractivity contribution in [1.82, 2.24) is 10.6 Å². The van der Waals surface area contributed by atoms with Crippen LogP contribution in [0.5, 0.6) is 0 Å². The zero-order chi connectivity index (χ0) is 21.0. The predicted molar refractivity (Wildman–Crippen MR) is 108 cm³/mol. The summed E-state index contributed by atoms with van der Waals surface area (Å²) in [5, 5.41) is 5.17. The molecule has 0 aromatic heterocycles. The van der Waals surface area contributed by atoms with Gasteiger partial charge in [-0.25, -0.2) is 18.0 Å². The van der Waals surface area contributed by atoms with E-state index in [0.717, 1.165) is 5.56 Å². The number of benzene rings is 2. The van der Waals surface area contributed by atoms with Crippen LogP contribution in [0, 0.1) is 6.92 Å². The first kappa shape index (κ1) is 20.6. The Morgan fingerprint density at radius 2 is 1.72 bits per heavy atom. The highest BCUT2D eigenvalue weighted by atomic mass is 32.2. The second-order valence-corrected chi connectivity index (χ2v) is 8.62. The minimum absolute atomic E-state index is 0.0154. The van der Waals surface area contributed by atoms with E-state index in [4.69, 9.17) is 4.74 Å². The summed E-state index contributed by atoms with van der Waals surface area (Å²) in [5.74, 6) is -1.20. The number of nitrogens with one attached hydrogen (secondary N) is 2. The maximum Gasteiger partial charge on any atom is 0.338 e. The van der Waals surface area contributed by atoms with E-state index in [0.29, 0.717) is 5.56 Å². The molecule has 2 aromatic carbocycles. The number of hydrogen-bond acceptors (Lipinski definition) is 5. The van der Waals surface area contributed by atoms with Gasteiger partial charge in [0.05, 0.1) is 28.9 Å². The van der Waals surface area contributed by atoms with Gasteiger partial charge in [0.2, 0.25) is 0 Å². The third-order valence-corrected chi connectivity index (χ3v) is 6.16. The molecule has 1 aliphatic heterocycles. The van der Waals surface area contributed by atoms with Gasteiger partial charge in [0.1, 0.15) is 0 Å². The van der Waals surface area contributed by atoms with Crippen molar-refractivity contribution in [2.24, 2.45) is 0 Å². The SMILES string of the molecule is CCOC(=O)C1=C(CS(=O)(=O)c2ccc(C)cc2)NC(=O)N[C@H]1c1ccccc1. The highest BCUT2D eigenvalue weighted by Crippen LogP contribution is 2.29. The number of urea groups is 1. The number of carbonyl (C=O) groups is 2. The molecule has 0 radical (unpaired) electrons. The molecule has 2 amide bonds. The predicted octanol–water partition coefficient (Wildman–Crippen LogP) is 2.64. The molecule has 0 saturated carbocycles. The fourth-order valence-corrected chi connectivity index (χ4v) is 4.42. The Balaban J connectivity index is 2.08. The van der Waals surface area contributed by atoms with Gasteiger partial charge in [-0.2, -0.15) is 0 Å². The van der Waals surface area contributed by atoms with Gasteiger partial charge in [-0.1, -0.05) is 48.0 Å². The molecule has 1 atom stereocenters. The number of ether oxygens (including phenoxy) is 1. The summed E-state index contributed by atoms with van der Waals surface area (Å²) in [6.45, 7) is 3.64. The fraction of sp³-hybridized carbons (Fsp3) is 0.238. The quantitative estimate of drug-likeness (QED) is 0.708. The molecule has 7 nitrogen and oxygen atoms in total. The normalized spacial score (nSPS) is 16.8. The summed E-state index contributed by atoms with van der Waals surface area (Å²) in [6, 6.07) is 13.9. The van der Waals surface area contributed by atoms with E-state index < -0.39 is 33.6 Å². The number of carbonyl (C=O) groups excluding carboxylic acids is 2. The number of amides is 2. The van der Waals surface area contributed by atoms with Crippen LogP contribution in [0.3, 0.4) is 0 Å². The van der Waals surface area contributed by atoms with E-state index >= 15 is 0 Å². The zero-order valence-electron chi connectivity index (χ0n) is 16.1. The lowest BCUT2D eigenvalue weighted by atomic mass is 9.95. The van der Waals surface area contributed by atoms with E-state index in [2.05, 4.69) is 10.6 Å². The van der Waals surface area contributed by atoms with E-state index in [1.54, 1.807) is 43.3 Å². The number of aryl methyl sites for hydroxylation is 1. The van der Waals surface area contributed by atoms with Gasteiger partial charge in [0.15, 0.2) is 9.84 Å². The lowest BCUT2D eigenvalue weighted by molar-refractivity contribution is -0.139. The van der Waals surface area contributed by atoms with Crippen molar-refractivity contribution in [3.8, 4) is 0 Å². The van der Waals surface area contributed by atoms with Crippen LogP contribution in [0.1, 0.15) is 24.1 Å². The summed E-state index contributed by atoms with van der Waals surface area (Å²) in [7, 11) is -3.80. The van der Waals surface area contributed by atoms with Crippen LogP contribution in [-0.4, -0.2) is 32.8 Å². The van der Waals surface area contributed by atoms with Gasteiger partial charge in [0, 0.05) is 5.70 Å². The maximum atomic E-state index is 12.9. The second kappa shape index (κ2) is 8.48. The van der Waals surface area contributed by atoms with E-state index in [-0.39, 0.29) is 22.8 Å². The van der Waals surface area contributed by atoms with Crippen molar-refractivity contribution < 1.29 is 22.7 Å². The van der Waals surface area contributed by atoms with Gasteiger partial charge in [-0.15, -0.1) is 0 Å². The van der Waals surface area contributed by atoms with Crippen molar-refractivity contribution in [1.29, 1.82) is 0 Å². The third kappa shape index (κ3) is 4.65. The van der Waals surface area contributed by atoms with Crippen LogP contribution in [0.2, 0.25) is 0 Å². The molecular formula is C21H22N2O5S. The van der Waals surface area contributed by atoms with Crippen LogP contribution in [-0.2, 0) is 19.4 Å².